The van der Waals surface area contributed by atoms with Crippen molar-refractivity contribution in [3.05, 3.63) is 29.8 Å². The van der Waals surface area contributed by atoms with Crippen LogP contribution in [0.2, 0.25) is 0 Å². The largest absolute Gasteiger partial charge is 0.465 e. The molecule has 1 rings (SSSR count). The maximum absolute atomic E-state index is 12.5. The Morgan fingerprint density at radius 3 is 2.44 bits per heavy atom. The standard InChI is InChI=1S/C12H17O3P/c1-4-16(14,5-2)11-8-6-7-10(9-11)12(13)15-3/h6-9H,4-5H2,1-3H3. The second kappa shape index (κ2) is 5.31. The third kappa shape index (κ3) is 2.53. The molecular weight excluding hydrogens is 223 g/mol. The molecule has 1 aromatic rings. The fraction of sp³-hybridized carbons (Fsp3) is 0.417. The Kier molecular flexibility index (Phi) is 4.31. The lowest BCUT2D eigenvalue weighted by Crippen LogP contribution is -2.12. The average Bonchev–Trinajstić information content (AvgIpc) is 2.37. The molecule has 0 heterocycles. The molecule has 0 aliphatic carbocycles. The molecule has 0 aromatic heterocycles. The molecule has 0 aliphatic heterocycles. The molecule has 0 unspecified atom stereocenters. The predicted octanol–water partition coefficient (Wildman–Crippen LogP) is 2.50. The number of esters is 1. The summed E-state index contributed by atoms with van der Waals surface area (Å²) < 4.78 is 17.1. The molecule has 0 spiro atoms. The average molecular weight is 240 g/mol. The fourth-order valence-electron chi connectivity index (χ4n) is 1.59. The summed E-state index contributed by atoms with van der Waals surface area (Å²) in [6.45, 7) is 3.82. The number of hydrogen-bond acceptors (Lipinski definition) is 3. The van der Waals surface area contributed by atoms with E-state index in [-0.39, 0.29) is 5.97 Å². The second-order valence-electron chi connectivity index (χ2n) is 3.56. The van der Waals surface area contributed by atoms with Crippen molar-refractivity contribution in [2.75, 3.05) is 19.4 Å². The molecule has 1 aromatic carbocycles. The van der Waals surface area contributed by atoms with Gasteiger partial charge in [0.05, 0.1) is 12.7 Å². The first-order chi connectivity index (χ1) is 7.57. The van der Waals surface area contributed by atoms with E-state index in [1.807, 2.05) is 19.9 Å². The minimum Gasteiger partial charge on any atom is -0.465 e. The van der Waals surface area contributed by atoms with Crippen LogP contribution in [-0.4, -0.2) is 25.4 Å². The monoisotopic (exact) mass is 240 g/mol. The van der Waals surface area contributed by atoms with E-state index in [1.54, 1.807) is 18.2 Å². The van der Waals surface area contributed by atoms with E-state index in [0.717, 1.165) is 5.30 Å². The summed E-state index contributed by atoms with van der Waals surface area (Å²) in [5.41, 5.74) is 0.460. The van der Waals surface area contributed by atoms with Gasteiger partial charge in [0.15, 0.2) is 0 Å². The van der Waals surface area contributed by atoms with E-state index in [2.05, 4.69) is 4.74 Å². The molecule has 16 heavy (non-hydrogen) atoms. The van der Waals surface area contributed by atoms with E-state index in [0.29, 0.717) is 17.9 Å². The molecule has 0 saturated heterocycles. The van der Waals surface area contributed by atoms with Crippen LogP contribution in [0.5, 0.6) is 0 Å². The third-order valence-electron chi connectivity index (χ3n) is 2.76. The zero-order chi connectivity index (χ0) is 12.2. The fourth-order valence-corrected chi connectivity index (χ4v) is 3.50. The molecular formula is C12H17O3P. The maximum atomic E-state index is 12.5. The van der Waals surface area contributed by atoms with Gasteiger partial charge in [0.25, 0.3) is 0 Å². The first-order valence-electron chi connectivity index (χ1n) is 5.34. The maximum Gasteiger partial charge on any atom is 0.337 e. The molecule has 0 atom stereocenters. The van der Waals surface area contributed by atoms with Crippen LogP contribution in [0.15, 0.2) is 24.3 Å². The Hall–Kier alpha value is -1.08. The summed E-state index contributed by atoms with van der Waals surface area (Å²) in [5, 5.41) is 0.764. The van der Waals surface area contributed by atoms with Crippen molar-refractivity contribution in [1.82, 2.24) is 0 Å². The predicted molar refractivity (Wildman–Crippen MR) is 66.1 cm³/mol. The first kappa shape index (κ1) is 13.0. The first-order valence-corrected chi connectivity index (χ1v) is 7.42. The van der Waals surface area contributed by atoms with Gasteiger partial charge in [-0.2, -0.15) is 0 Å². The number of benzene rings is 1. The van der Waals surface area contributed by atoms with E-state index in [9.17, 15) is 9.36 Å². The van der Waals surface area contributed by atoms with Crippen LogP contribution in [0.1, 0.15) is 24.2 Å². The Morgan fingerprint density at radius 2 is 1.94 bits per heavy atom. The van der Waals surface area contributed by atoms with E-state index < -0.39 is 7.14 Å². The summed E-state index contributed by atoms with van der Waals surface area (Å²) >= 11 is 0. The molecule has 4 heteroatoms. The molecule has 88 valence electrons. The van der Waals surface area contributed by atoms with Gasteiger partial charge < -0.3 is 9.30 Å². The quantitative estimate of drug-likeness (QED) is 0.600. The van der Waals surface area contributed by atoms with Gasteiger partial charge in [-0.25, -0.2) is 4.79 Å². The van der Waals surface area contributed by atoms with Crippen LogP contribution in [0, 0.1) is 0 Å². The van der Waals surface area contributed by atoms with Crippen molar-refractivity contribution < 1.29 is 14.1 Å². The molecule has 0 radical (unpaired) electrons. The lowest BCUT2D eigenvalue weighted by Gasteiger charge is -2.14. The topological polar surface area (TPSA) is 43.4 Å². The molecule has 0 N–H and O–H groups in total. The van der Waals surface area contributed by atoms with Crippen LogP contribution < -0.4 is 5.30 Å². The highest BCUT2D eigenvalue weighted by Gasteiger charge is 2.21. The highest BCUT2D eigenvalue weighted by Crippen LogP contribution is 2.43. The number of methoxy groups -OCH3 is 1. The molecule has 0 bridgehead atoms. The number of rotatable bonds is 4. The Bertz CT molecular complexity index is 418. The number of ether oxygens (including phenoxy) is 1. The van der Waals surface area contributed by atoms with Gasteiger partial charge in [-0.1, -0.05) is 26.0 Å². The molecule has 0 fully saturated rings. The SMILES string of the molecule is CCP(=O)(CC)c1cccc(C(=O)OC)c1. The minimum absolute atomic E-state index is 0.388. The Morgan fingerprint density at radius 1 is 1.31 bits per heavy atom. The van der Waals surface area contributed by atoms with E-state index >= 15 is 0 Å². The van der Waals surface area contributed by atoms with Gasteiger partial charge in [0, 0.05) is 17.6 Å². The zero-order valence-electron chi connectivity index (χ0n) is 9.90. The summed E-state index contributed by atoms with van der Waals surface area (Å²) in [5.74, 6) is -0.388. The zero-order valence-corrected chi connectivity index (χ0v) is 10.8. The van der Waals surface area contributed by atoms with Crippen LogP contribution in [-0.2, 0) is 9.30 Å². The number of carbonyl (C=O) groups is 1. The molecule has 3 nitrogen and oxygen atoms in total. The Balaban J connectivity index is 3.17. The number of hydrogen-bond donors (Lipinski definition) is 0. The summed E-state index contributed by atoms with van der Waals surface area (Å²) in [7, 11) is -0.977. The normalized spacial score (nSPS) is 11.2. The smallest absolute Gasteiger partial charge is 0.337 e. The lowest BCUT2D eigenvalue weighted by atomic mass is 10.2. The van der Waals surface area contributed by atoms with Gasteiger partial charge in [-0.15, -0.1) is 0 Å². The van der Waals surface area contributed by atoms with Crippen molar-refractivity contribution in [3.63, 3.8) is 0 Å². The van der Waals surface area contributed by atoms with E-state index in [1.165, 1.54) is 7.11 Å². The van der Waals surface area contributed by atoms with E-state index in [4.69, 9.17) is 0 Å². The Labute approximate surface area is 96.2 Å². The van der Waals surface area contributed by atoms with Crippen molar-refractivity contribution in [2.45, 2.75) is 13.8 Å². The molecule has 0 amide bonds. The van der Waals surface area contributed by atoms with Gasteiger partial charge >= 0.3 is 5.97 Å². The van der Waals surface area contributed by atoms with Gasteiger partial charge in [-0.05, 0) is 12.1 Å². The van der Waals surface area contributed by atoms with Crippen LogP contribution in [0.25, 0.3) is 0 Å². The number of carbonyl (C=O) groups excluding carboxylic acids is 1. The highest BCUT2D eigenvalue weighted by atomic mass is 31.2. The third-order valence-corrected chi connectivity index (χ3v) is 6.02. The van der Waals surface area contributed by atoms with Gasteiger partial charge in [-0.3, -0.25) is 0 Å². The second-order valence-corrected chi connectivity index (χ2v) is 7.12. The minimum atomic E-state index is -2.32. The molecule has 0 aliphatic rings. The van der Waals surface area contributed by atoms with Crippen molar-refractivity contribution in [1.29, 1.82) is 0 Å². The summed E-state index contributed by atoms with van der Waals surface area (Å²) in [4.78, 5) is 11.4. The van der Waals surface area contributed by atoms with Gasteiger partial charge in [0.2, 0.25) is 0 Å². The van der Waals surface area contributed by atoms with Crippen LogP contribution >= 0.6 is 7.14 Å². The van der Waals surface area contributed by atoms with Crippen molar-refractivity contribution in [2.24, 2.45) is 0 Å². The summed E-state index contributed by atoms with van der Waals surface area (Å²) in [6.07, 6.45) is 1.24. The van der Waals surface area contributed by atoms with Crippen molar-refractivity contribution >= 4 is 18.4 Å². The summed E-state index contributed by atoms with van der Waals surface area (Å²) in [6, 6.07) is 6.92. The van der Waals surface area contributed by atoms with Crippen molar-refractivity contribution in [3.8, 4) is 0 Å². The van der Waals surface area contributed by atoms with Crippen LogP contribution in [0.4, 0.5) is 0 Å². The molecule has 0 saturated carbocycles. The van der Waals surface area contributed by atoms with Gasteiger partial charge in [0.1, 0.15) is 7.14 Å². The highest BCUT2D eigenvalue weighted by molar-refractivity contribution is 7.71. The lowest BCUT2D eigenvalue weighted by molar-refractivity contribution is 0.0601. The van der Waals surface area contributed by atoms with Crippen LogP contribution in [0.3, 0.4) is 0 Å².